The molecule has 0 bridgehead atoms. The highest BCUT2D eigenvalue weighted by Crippen LogP contribution is 2.16. The lowest BCUT2D eigenvalue weighted by Gasteiger charge is -2.06. The number of hydrogen-bond donors (Lipinski definition) is 1. The van der Waals surface area contributed by atoms with E-state index in [9.17, 15) is 9.59 Å². The van der Waals surface area contributed by atoms with E-state index in [1.807, 2.05) is 6.92 Å². The Bertz CT molecular complexity index is 908. The Morgan fingerprint density at radius 1 is 0.750 bits per heavy atom. The topological polar surface area (TPSA) is 77.0 Å². The second-order valence-electron chi connectivity index (χ2n) is 8.99. The standard InChI is InChI=1S/C30H42N2O4/c1-3-5-6-7-8-9-10-11-12-13-14-15-29(33)32-31-24-25-16-20-28(21-17-25)36-30(34)26-18-22-27(23-19-26)35-4-2/h16-24H,3-15H2,1-2H3,(H,32,33). The lowest BCUT2D eigenvalue weighted by atomic mass is 10.1. The quantitative estimate of drug-likeness (QED) is 0.0767. The Labute approximate surface area is 216 Å². The number of nitrogens with one attached hydrogen (secondary N) is 1. The highest BCUT2D eigenvalue weighted by atomic mass is 16.5. The van der Waals surface area contributed by atoms with E-state index in [1.165, 1.54) is 57.8 Å². The molecule has 1 N–H and O–H groups in total. The Morgan fingerprint density at radius 2 is 1.31 bits per heavy atom. The maximum atomic E-state index is 12.3. The molecule has 0 aliphatic rings. The SMILES string of the molecule is CCCCCCCCCCCCCC(=O)NN=Cc1ccc(OC(=O)c2ccc(OCC)cc2)cc1. The lowest BCUT2D eigenvalue weighted by Crippen LogP contribution is -2.16. The van der Waals surface area contributed by atoms with E-state index < -0.39 is 5.97 Å². The molecule has 2 rings (SSSR count). The van der Waals surface area contributed by atoms with Crippen LogP contribution in [0.3, 0.4) is 0 Å². The first kappa shape index (κ1) is 29.1. The zero-order valence-electron chi connectivity index (χ0n) is 22.0. The zero-order valence-corrected chi connectivity index (χ0v) is 22.0. The van der Waals surface area contributed by atoms with E-state index in [0.717, 1.165) is 18.4 Å². The number of hydrazone groups is 1. The van der Waals surface area contributed by atoms with Crippen molar-refractivity contribution in [3.8, 4) is 11.5 Å². The largest absolute Gasteiger partial charge is 0.494 e. The summed E-state index contributed by atoms with van der Waals surface area (Å²) < 4.78 is 10.8. The summed E-state index contributed by atoms with van der Waals surface area (Å²) in [5.41, 5.74) is 3.83. The van der Waals surface area contributed by atoms with Crippen molar-refractivity contribution in [2.24, 2.45) is 5.10 Å². The molecule has 0 aliphatic carbocycles. The van der Waals surface area contributed by atoms with Gasteiger partial charge in [0.25, 0.3) is 0 Å². The number of carbonyl (C=O) groups excluding carboxylic acids is 2. The maximum Gasteiger partial charge on any atom is 0.343 e. The lowest BCUT2D eigenvalue weighted by molar-refractivity contribution is -0.121. The van der Waals surface area contributed by atoms with E-state index in [0.29, 0.717) is 30.1 Å². The molecule has 0 radical (unpaired) electrons. The van der Waals surface area contributed by atoms with Crippen LogP contribution in [0, 0.1) is 0 Å². The third-order valence-electron chi connectivity index (χ3n) is 5.90. The molecule has 6 nitrogen and oxygen atoms in total. The number of unbranched alkanes of at least 4 members (excludes halogenated alkanes) is 10. The summed E-state index contributed by atoms with van der Waals surface area (Å²) in [6, 6.07) is 13.8. The van der Waals surface area contributed by atoms with Gasteiger partial charge in [0.15, 0.2) is 0 Å². The van der Waals surface area contributed by atoms with Crippen molar-refractivity contribution in [2.45, 2.75) is 90.9 Å². The molecule has 36 heavy (non-hydrogen) atoms. The van der Waals surface area contributed by atoms with Crippen LogP contribution in [0.5, 0.6) is 11.5 Å². The minimum Gasteiger partial charge on any atom is -0.494 e. The summed E-state index contributed by atoms with van der Waals surface area (Å²) >= 11 is 0. The first-order valence-electron chi connectivity index (χ1n) is 13.5. The molecule has 0 atom stereocenters. The summed E-state index contributed by atoms with van der Waals surface area (Å²) in [7, 11) is 0. The average molecular weight is 495 g/mol. The van der Waals surface area contributed by atoms with Gasteiger partial charge in [-0.15, -0.1) is 0 Å². The molecule has 2 aromatic carbocycles. The molecule has 196 valence electrons. The molecule has 2 aromatic rings. The molecule has 0 heterocycles. The third kappa shape index (κ3) is 12.5. The number of amides is 1. The van der Waals surface area contributed by atoms with Crippen LogP contribution < -0.4 is 14.9 Å². The first-order valence-corrected chi connectivity index (χ1v) is 13.5. The Hall–Kier alpha value is -3.15. The molecule has 0 saturated carbocycles. The average Bonchev–Trinajstić information content (AvgIpc) is 2.89. The van der Waals surface area contributed by atoms with Crippen molar-refractivity contribution in [1.29, 1.82) is 0 Å². The van der Waals surface area contributed by atoms with Gasteiger partial charge in [-0.05, 0) is 67.4 Å². The summed E-state index contributed by atoms with van der Waals surface area (Å²) in [6.45, 7) is 4.73. The van der Waals surface area contributed by atoms with Crippen LogP contribution in [-0.2, 0) is 4.79 Å². The second-order valence-corrected chi connectivity index (χ2v) is 8.99. The fourth-order valence-corrected chi connectivity index (χ4v) is 3.83. The fourth-order valence-electron chi connectivity index (χ4n) is 3.83. The predicted octanol–water partition coefficient (Wildman–Crippen LogP) is 7.46. The van der Waals surface area contributed by atoms with Gasteiger partial charge in [0.2, 0.25) is 5.91 Å². The third-order valence-corrected chi connectivity index (χ3v) is 5.90. The summed E-state index contributed by atoms with van der Waals surface area (Å²) in [6.07, 6.45) is 15.9. The van der Waals surface area contributed by atoms with E-state index in [-0.39, 0.29) is 5.91 Å². The van der Waals surface area contributed by atoms with Crippen LogP contribution in [0.2, 0.25) is 0 Å². The smallest absolute Gasteiger partial charge is 0.343 e. The molecule has 1 amide bonds. The van der Waals surface area contributed by atoms with Crippen molar-refractivity contribution < 1.29 is 19.1 Å². The second kappa shape index (κ2) is 18.2. The van der Waals surface area contributed by atoms with Gasteiger partial charge >= 0.3 is 5.97 Å². The van der Waals surface area contributed by atoms with Crippen molar-refractivity contribution in [3.05, 3.63) is 59.7 Å². The molecule has 6 heteroatoms. The van der Waals surface area contributed by atoms with Crippen molar-refractivity contribution in [2.75, 3.05) is 6.61 Å². The molecular formula is C30H42N2O4. The number of hydrogen-bond acceptors (Lipinski definition) is 5. The van der Waals surface area contributed by atoms with Crippen molar-refractivity contribution in [3.63, 3.8) is 0 Å². The van der Waals surface area contributed by atoms with E-state index >= 15 is 0 Å². The highest BCUT2D eigenvalue weighted by molar-refractivity contribution is 5.91. The Balaban J connectivity index is 1.58. The van der Waals surface area contributed by atoms with Gasteiger partial charge in [-0.25, -0.2) is 10.2 Å². The van der Waals surface area contributed by atoms with Gasteiger partial charge in [-0.3, -0.25) is 4.79 Å². The number of esters is 1. The number of carbonyl (C=O) groups is 2. The molecule has 0 saturated heterocycles. The fraction of sp³-hybridized carbons (Fsp3) is 0.500. The van der Waals surface area contributed by atoms with Crippen LogP contribution in [-0.4, -0.2) is 24.7 Å². The molecule has 0 aromatic heterocycles. The van der Waals surface area contributed by atoms with Crippen molar-refractivity contribution >= 4 is 18.1 Å². The number of benzene rings is 2. The van der Waals surface area contributed by atoms with Crippen LogP contribution in [0.1, 0.15) is 107 Å². The van der Waals surface area contributed by atoms with Gasteiger partial charge in [-0.1, -0.05) is 71.1 Å². The van der Waals surface area contributed by atoms with Gasteiger partial charge in [0.05, 0.1) is 18.4 Å². The Kier molecular flexibility index (Phi) is 14.7. The first-order chi connectivity index (χ1) is 17.6. The van der Waals surface area contributed by atoms with Crippen LogP contribution in [0.25, 0.3) is 0 Å². The zero-order chi connectivity index (χ0) is 25.8. The highest BCUT2D eigenvalue weighted by Gasteiger charge is 2.09. The van der Waals surface area contributed by atoms with Crippen LogP contribution in [0.15, 0.2) is 53.6 Å². The number of rotatable bonds is 18. The summed E-state index contributed by atoms with van der Waals surface area (Å²) in [5.74, 6) is 0.646. The number of ether oxygens (including phenoxy) is 2. The van der Waals surface area contributed by atoms with E-state index in [4.69, 9.17) is 9.47 Å². The number of nitrogens with zero attached hydrogens (tertiary/aromatic N) is 1. The summed E-state index contributed by atoms with van der Waals surface area (Å²) in [4.78, 5) is 24.3. The van der Waals surface area contributed by atoms with Gasteiger partial charge in [0, 0.05) is 6.42 Å². The molecule has 0 unspecified atom stereocenters. The monoisotopic (exact) mass is 494 g/mol. The summed E-state index contributed by atoms with van der Waals surface area (Å²) in [5, 5.41) is 4.03. The van der Waals surface area contributed by atoms with E-state index in [2.05, 4.69) is 17.5 Å². The molecule has 0 spiro atoms. The predicted molar refractivity (Wildman–Crippen MR) is 146 cm³/mol. The Morgan fingerprint density at radius 3 is 1.89 bits per heavy atom. The van der Waals surface area contributed by atoms with Gasteiger partial charge < -0.3 is 9.47 Å². The van der Waals surface area contributed by atoms with Crippen LogP contribution in [0.4, 0.5) is 0 Å². The van der Waals surface area contributed by atoms with Crippen molar-refractivity contribution in [1.82, 2.24) is 5.43 Å². The minimum atomic E-state index is -0.436. The van der Waals surface area contributed by atoms with Gasteiger partial charge in [0.1, 0.15) is 11.5 Å². The van der Waals surface area contributed by atoms with Crippen LogP contribution >= 0.6 is 0 Å². The minimum absolute atomic E-state index is 0.0666. The molecular weight excluding hydrogens is 452 g/mol. The molecule has 0 aliphatic heterocycles. The molecule has 0 fully saturated rings. The van der Waals surface area contributed by atoms with E-state index in [1.54, 1.807) is 54.7 Å². The normalized spacial score (nSPS) is 10.9. The van der Waals surface area contributed by atoms with Gasteiger partial charge in [-0.2, -0.15) is 5.10 Å². The maximum absolute atomic E-state index is 12.3.